The Labute approximate surface area is 55.6 Å². The molecule has 0 saturated carbocycles. The molecule has 6 nitrogen and oxygen atoms in total. The van der Waals surface area contributed by atoms with Crippen LogP contribution in [0.5, 0.6) is 0 Å². The maximum atomic E-state index is 8.66. The summed E-state index contributed by atoms with van der Waals surface area (Å²) < 4.78 is 51.6. The van der Waals surface area contributed by atoms with Gasteiger partial charge in [-0.05, 0) is 0 Å². The van der Waals surface area contributed by atoms with Crippen LogP contribution in [-0.2, 0) is 55.7 Å². The number of hydrogen-bond acceptors (Lipinski definition) is 6. The van der Waals surface area contributed by atoms with Crippen LogP contribution in [0.4, 0.5) is 0 Å². The predicted octanol–water partition coefficient (Wildman–Crippen LogP) is -0.718. The van der Waals surface area contributed by atoms with E-state index >= 15 is 0 Å². The summed E-state index contributed by atoms with van der Waals surface area (Å²) in [5, 5.41) is 0. The van der Waals surface area contributed by atoms with Crippen LogP contribution in [0.2, 0.25) is 0 Å². The van der Waals surface area contributed by atoms with E-state index in [1.807, 2.05) is 0 Å². The van der Waals surface area contributed by atoms with E-state index in [2.05, 4.69) is 0 Å². The van der Waals surface area contributed by atoms with E-state index in [0.29, 0.717) is 0 Å². The third-order valence-electron chi connectivity index (χ3n) is 0. The summed E-state index contributed by atoms with van der Waals surface area (Å²) in [7, 11) is 0. The molecule has 0 unspecified atom stereocenters. The van der Waals surface area contributed by atoms with Gasteiger partial charge in [-0.3, -0.25) is 0 Å². The minimum atomic E-state index is -7.94. The Morgan fingerprint density at radius 1 is 0.750 bits per heavy atom. The molecule has 0 aliphatic carbocycles. The molecule has 0 bridgehead atoms. The van der Waals surface area contributed by atoms with E-state index < -0.39 is 15.7 Å². The summed E-state index contributed by atoms with van der Waals surface area (Å²) in [5.74, 6) is 0. The zero-order valence-electron chi connectivity index (χ0n) is 3.40. The van der Waals surface area contributed by atoms with Gasteiger partial charge >= 0.3 is 55.7 Å². The van der Waals surface area contributed by atoms with Gasteiger partial charge in [-0.15, -0.1) is 0 Å². The first-order valence-electron chi connectivity index (χ1n) is 1.12. The molecule has 0 spiro atoms. The van der Waals surface area contributed by atoms with Crippen LogP contribution in [0.15, 0.2) is 0 Å². The Balaban J connectivity index is 0. The molecular weight excluding hydrogens is 237 g/mol. The molecule has 0 fully saturated rings. The van der Waals surface area contributed by atoms with Crippen LogP contribution in [0, 0.1) is 0 Å². The SMILES string of the molecule is [O]=[Nb](=[O])(=[O])(=[O])=[O].[O]=[Ti]. The minimum absolute atomic E-state index is 0.750. The molecule has 0 aromatic heterocycles. The molecule has 0 aliphatic rings. The Morgan fingerprint density at radius 2 is 0.750 bits per heavy atom. The number of hydrogen-bond donors (Lipinski definition) is 0. The van der Waals surface area contributed by atoms with Crippen molar-refractivity contribution in [2.75, 3.05) is 0 Å². The maximum absolute atomic E-state index is 8.66. The second-order valence-electron chi connectivity index (χ2n) is 0.745. The van der Waals surface area contributed by atoms with Crippen molar-refractivity contribution in [1.29, 1.82) is 0 Å². The second-order valence-corrected chi connectivity index (χ2v) is 4.41. The molecule has 8 heteroatoms. The topological polar surface area (TPSA) is 102 Å². The fourth-order valence-electron chi connectivity index (χ4n) is 0. The zero-order chi connectivity index (χ0) is 7.45. The van der Waals surface area contributed by atoms with Gasteiger partial charge in [0.15, 0.2) is 0 Å². The molecule has 0 atom stereocenters. The summed E-state index contributed by atoms with van der Waals surface area (Å²) in [6.07, 6.45) is 0. The van der Waals surface area contributed by atoms with Gasteiger partial charge in [-0.25, -0.2) is 0 Å². The number of rotatable bonds is 0. The zero-order valence-corrected chi connectivity index (χ0v) is 7.16. The third kappa shape index (κ3) is 2670. The van der Waals surface area contributed by atoms with Crippen molar-refractivity contribution in [2.45, 2.75) is 0 Å². The van der Waals surface area contributed by atoms with Crippen molar-refractivity contribution in [3.05, 3.63) is 0 Å². The van der Waals surface area contributed by atoms with Crippen molar-refractivity contribution >= 4 is 0 Å². The fourth-order valence-corrected chi connectivity index (χ4v) is 0. The van der Waals surface area contributed by atoms with Crippen molar-refractivity contribution in [2.24, 2.45) is 0 Å². The van der Waals surface area contributed by atoms with Crippen molar-refractivity contribution < 1.29 is 55.7 Å². The Hall–Kier alpha value is 0.255. The molecule has 0 rings (SSSR count). The average molecular weight is 237 g/mol. The van der Waals surface area contributed by atoms with Gasteiger partial charge in [0.2, 0.25) is 0 Å². The van der Waals surface area contributed by atoms with Gasteiger partial charge in [0, 0.05) is 0 Å². The monoisotopic (exact) mass is 237 g/mol. The standard InChI is InChI=1S/Nb.6O.Ti. The fraction of sp³-hybridized carbons (Fsp3) is 0. The molecule has 8 heavy (non-hydrogen) atoms. The molecule has 0 aromatic carbocycles. The van der Waals surface area contributed by atoms with E-state index in [4.69, 9.17) is 19.6 Å². The van der Waals surface area contributed by atoms with Crippen LogP contribution in [0.1, 0.15) is 0 Å². The molecule has 0 amide bonds. The summed E-state index contributed by atoms with van der Waals surface area (Å²) in [5.41, 5.74) is 0. The summed E-state index contributed by atoms with van der Waals surface area (Å²) in [4.78, 5) is 0. The van der Waals surface area contributed by atoms with Crippen molar-refractivity contribution in [1.82, 2.24) is 0 Å². The van der Waals surface area contributed by atoms with Crippen LogP contribution in [-0.4, -0.2) is 0 Å². The molecule has 0 saturated heterocycles. The summed E-state index contributed by atoms with van der Waals surface area (Å²) in [6.45, 7) is 0. The van der Waals surface area contributed by atoms with Gasteiger partial charge in [-0.2, -0.15) is 0 Å². The second kappa shape index (κ2) is 2.70. The molecule has 0 heterocycles. The van der Waals surface area contributed by atoms with Crippen LogP contribution in [0.3, 0.4) is 0 Å². The van der Waals surface area contributed by atoms with E-state index in [0.717, 1.165) is 20.4 Å². The van der Waals surface area contributed by atoms with Gasteiger partial charge in [0.05, 0.1) is 0 Å². The molecule has 0 aromatic rings. The van der Waals surface area contributed by atoms with E-state index in [-0.39, 0.29) is 0 Å². The molecule has 45 valence electrons. The van der Waals surface area contributed by atoms with Crippen LogP contribution < -0.4 is 0 Å². The van der Waals surface area contributed by atoms with Gasteiger partial charge < -0.3 is 0 Å². The normalized spacial score (nSPS) is 7.88. The van der Waals surface area contributed by atoms with E-state index in [1.54, 1.807) is 0 Å². The van der Waals surface area contributed by atoms with Crippen molar-refractivity contribution in [3.63, 3.8) is 0 Å². The summed E-state index contributed by atoms with van der Waals surface area (Å²) >= 11 is -7.19. The van der Waals surface area contributed by atoms with E-state index in [9.17, 15) is 0 Å². The Kier molecular flexibility index (Phi) is 3.75. The molecule has 0 aliphatic heterocycles. The van der Waals surface area contributed by atoms with Crippen LogP contribution in [0.25, 0.3) is 0 Å². The Bertz CT molecular complexity index is 292. The molecule has 0 radical (unpaired) electrons. The average Bonchev–Trinajstić information content (AvgIpc) is 1.33. The van der Waals surface area contributed by atoms with Crippen LogP contribution >= 0.6 is 0 Å². The van der Waals surface area contributed by atoms with Gasteiger partial charge in [0.1, 0.15) is 0 Å². The van der Waals surface area contributed by atoms with Gasteiger partial charge in [-0.1, -0.05) is 0 Å². The van der Waals surface area contributed by atoms with Gasteiger partial charge in [0.25, 0.3) is 0 Å². The first kappa shape index (κ1) is 11.1. The molecular formula is NbO6Ti. The quantitative estimate of drug-likeness (QED) is 0.515. The molecule has 0 N–H and O–H groups in total. The third-order valence-corrected chi connectivity index (χ3v) is 0. The first-order valence-corrected chi connectivity index (χ1v) is 6.24. The Morgan fingerprint density at radius 3 is 0.750 bits per heavy atom. The first-order chi connectivity index (χ1) is 3.24. The predicted molar refractivity (Wildman–Crippen MR) is 4.12 cm³/mol. The van der Waals surface area contributed by atoms with E-state index in [1.165, 1.54) is 0 Å². The van der Waals surface area contributed by atoms with Crippen molar-refractivity contribution in [3.8, 4) is 0 Å². The summed E-state index contributed by atoms with van der Waals surface area (Å²) in [6, 6.07) is 0.